The maximum atomic E-state index is 12.6. The Kier molecular flexibility index (Phi) is 3.00. The summed E-state index contributed by atoms with van der Waals surface area (Å²) in [5.74, 6) is -1.24. The van der Waals surface area contributed by atoms with Crippen LogP contribution in [0, 0.1) is 10.7 Å². The highest BCUT2D eigenvalue weighted by Gasteiger charge is 2.42. The van der Waals surface area contributed by atoms with E-state index in [1.165, 1.54) is 4.68 Å². The average Bonchev–Trinajstić information content (AvgIpc) is 2.63. The van der Waals surface area contributed by atoms with Gasteiger partial charge in [-0.05, 0) is 31.5 Å². The molecule has 1 saturated carbocycles. The fourth-order valence-electron chi connectivity index (χ4n) is 2.14. The molecular formula is C8H11F3N4S. The summed E-state index contributed by atoms with van der Waals surface area (Å²) >= 11 is 4.88. The first kappa shape index (κ1) is 11.6. The second kappa shape index (κ2) is 4.15. The topological polar surface area (TPSA) is 46.5 Å². The Morgan fingerprint density at radius 2 is 2.12 bits per heavy atom. The van der Waals surface area contributed by atoms with Gasteiger partial charge in [-0.2, -0.15) is 18.4 Å². The van der Waals surface area contributed by atoms with Crippen molar-refractivity contribution in [3.8, 4) is 0 Å². The van der Waals surface area contributed by atoms with Crippen LogP contribution >= 0.6 is 12.2 Å². The Balaban J connectivity index is 2.14. The van der Waals surface area contributed by atoms with Crippen molar-refractivity contribution >= 4 is 12.2 Å². The highest BCUT2D eigenvalue weighted by atomic mass is 32.1. The molecule has 1 fully saturated rings. The van der Waals surface area contributed by atoms with Crippen LogP contribution in [0.3, 0.4) is 0 Å². The molecule has 0 saturated heterocycles. The van der Waals surface area contributed by atoms with Gasteiger partial charge in [0.2, 0.25) is 4.77 Å². The summed E-state index contributed by atoms with van der Waals surface area (Å²) in [4.78, 5) is 0. The number of nitrogens with one attached hydrogen (secondary N) is 1. The number of alkyl halides is 3. The lowest BCUT2D eigenvalue weighted by atomic mass is 9.85. The molecule has 0 aromatic carbocycles. The van der Waals surface area contributed by atoms with Crippen molar-refractivity contribution in [1.82, 2.24) is 20.2 Å². The summed E-state index contributed by atoms with van der Waals surface area (Å²) in [5, 5.41) is 9.59. The van der Waals surface area contributed by atoms with Crippen molar-refractivity contribution < 1.29 is 13.2 Å². The fraction of sp³-hybridized carbons (Fsp3) is 0.875. The third-order valence-electron chi connectivity index (χ3n) is 2.97. The smallest absolute Gasteiger partial charge is 0.239 e. The first-order valence-electron chi connectivity index (χ1n) is 5.05. The lowest BCUT2D eigenvalue weighted by Gasteiger charge is -2.30. The van der Waals surface area contributed by atoms with Gasteiger partial charge in [-0.25, -0.2) is 4.68 Å². The molecule has 4 nitrogen and oxygen atoms in total. The molecule has 2 rings (SSSR count). The number of nitrogens with zero attached hydrogens (tertiary/aromatic N) is 3. The molecule has 2 unspecified atom stereocenters. The van der Waals surface area contributed by atoms with Crippen LogP contribution in [0.2, 0.25) is 0 Å². The predicted octanol–water partition coefficient (Wildman–Crippen LogP) is 2.63. The van der Waals surface area contributed by atoms with E-state index in [9.17, 15) is 13.2 Å². The van der Waals surface area contributed by atoms with Crippen LogP contribution in [0.4, 0.5) is 13.2 Å². The van der Waals surface area contributed by atoms with Gasteiger partial charge in [0.15, 0.2) is 0 Å². The van der Waals surface area contributed by atoms with Gasteiger partial charge in [-0.1, -0.05) is 16.7 Å². The number of aromatic amines is 1. The highest BCUT2D eigenvalue weighted by molar-refractivity contribution is 7.71. The van der Waals surface area contributed by atoms with Crippen molar-refractivity contribution in [2.24, 2.45) is 5.92 Å². The van der Waals surface area contributed by atoms with Gasteiger partial charge in [0.1, 0.15) is 0 Å². The molecule has 16 heavy (non-hydrogen) atoms. The molecule has 1 aliphatic rings. The van der Waals surface area contributed by atoms with E-state index in [1.54, 1.807) is 0 Å². The maximum Gasteiger partial charge on any atom is 0.391 e. The van der Waals surface area contributed by atoms with E-state index in [-0.39, 0.29) is 23.7 Å². The normalized spacial score (nSPS) is 26.9. The van der Waals surface area contributed by atoms with Crippen LogP contribution in [0.1, 0.15) is 31.7 Å². The van der Waals surface area contributed by atoms with Crippen molar-refractivity contribution in [3.63, 3.8) is 0 Å². The molecule has 1 heterocycles. The number of H-pyrrole nitrogens is 1. The van der Waals surface area contributed by atoms with Gasteiger partial charge in [0.25, 0.3) is 0 Å². The molecule has 0 radical (unpaired) electrons. The van der Waals surface area contributed by atoms with E-state index in [4.69, 9.17) is 12.2 Å². The molecule has 1 aromatic rings. The Morgan fingerprint density at radius 1 is 1.38 bits per heavy atom. The van der Waals surface area contributed by atoms with Crippen LogP contribution in [-0.4, -0.2) is 26.4 Å². The summed E-state index contributed by atoms with van der Waals surface area (Å²) in [6, 6.07) is -0.261. The van der Waals surface area contributed by atoms with Crippen LogP contribution in [0.5, 0.6) is 0 Å². The Morgan fingerprint density at radius 3 is 2.69 bits per heavy atom. The average molecular weight is 252 g/mol. The van der Waals surface area contributed by atoms with Crippen LogP contribution in [0.25, 0.3) is 0 Å². The monoisotopic (exact) mass is 252 g/mol. The summed E-state index contributed by atoms with van der Waals surface area (Å²) in [7, 11) is 0. The number of rotatable bonds is 1. The van der Waals surface area contributed by atoms with Crippen LogP contribution in [0.15, 0.2) is 0 Å². The predicted molar refractivity (Wildman–Crippen MR) is 52.3 cm³/mol. The zero-order valence-electron chi connectivity index (χ0n) is 8.37. The standard InChI is InChI=1S/C8H11F3N4S/c9-8(10,11)5-2-1-3-6(4-5)15-7(16)12-13-14-15/h5-6H,1-4H2,(H,12,14,16). The number of hydrogen-bond donors (Lipinski definition) is 1. The molecule has 0 spiro atoms. The molecule has 1 aliphatic carbocycles. The summed E-state index contributed by atoms with van der Waals surface area (Å²) in [6.07, 6.45) is -2.62. The van der Waals surface area contributed by atoms with E-state index >= 15 is 0 Å². The largest absolute Gasteiger partial charge is 0.391 e. The number of hydrogen-bond acceptors (Lipinski definition) is 3. The minimum absolute atomic E-state index is 0.0572. The van der Waals surface area contributed by atoms with E-state index in [0.29, 0.717) is 12.8 Å². The second-order valence-electron chi connectivity index (χ2n) is 4.01. The third kappa shape index (κ3) is 2.26. The molecule has 8 heteroatoms. The van der Waals surface area contributed by atoms with Crippen molar-refractivity contribution in [1.29, 1.82) is 0 Å². The zero-order valence-corrected chi connectivity index (χ0v) is 9.18. The molecule has 1 aromatic heterocycles. The summed E-state index contributed by atoms with van der Waals surface area (Å²) in [5.41, 5.74) is 0. The minimum Gasteiger partial charge on any atom is -0.239 e. The van der Waals surface area contributed by atoms with E-state index in [1.807, 2.05) is 0 Å². The first-order chi connectivity index (χ1) is 7.48. The quantitative estimate of drug-likeness (QED) is 0.781. The number of tetrazole rings is 1. The molecule has 0 bridgehead atoms. The summed E-state index contributed by atoms with van der Waals surface area (Å²) < 4.78 is 39.4. The van der Waals surface area contributed by atoms with Crippen LogP contribution < -0.4 is 0 Å². The first-order valence-corrected chi connectivity index (χ1v) is 5.45. The van der Waals surface area contributed by atoms with E-state index in [2.05, 4.69) is 15.5 Å². The minimum atomic E-state index is -4.12. The van der Waals surface area contributed by atoms with Gasteiger partial charge >= 0.3 is 6.18 Å². The van der Waals surface area contributed by atoms with Crippen LogP contribution in [-0.2, 0) is 0 Å². The maximum absolute atomic E-state index is 12.6. The van der Waals surface area contributed by atoms with Gasteiger partial charge < -0.3 is 0 Å². The lowest BCUT2D eigenvalue weighted by molar-refractivity contribution is -0.185. The van der Waals surface area contributed by atoms with Gasteiger partial charge in [0.05, 0.1) is 12.0 Å². The van der Waals surface area contributed by atoms with Crippen molar-refractivity contribution in [2.75, 3.05) is 0 Å². The van der Waals surface area contributed by atoms with Gasteiger partial charge in [0, 0.05) is 0 Å². The third-order valence-corrected chi connectivity index (χ3v) is 3.25. The van der Waals surface area contributed by atoms with E-state index < -0.39 is 12.1 Å². The molecule has 0 amide bonds. The summed E-state index contributed by atoms with van der Waals surface area (Å²) in [6.45, 7) is 0. The van der Waals surface area contributed by atoms with E-state index in [0.717, 1.165) is 0 Å². The highest BCUT2D eigenvalue weighted by Crippen LogP contribution is 2.41. The molecule has 1 N–H and O–H groups in total. The van der Waals surface area contributed by atoms with Crippen molar-refractivity contribution in [2.45, 2.75) is 37.9 Å². The van der Waals surface area contributed by atoms with Crippen molar-refractivity contribution in [3.05, 3.63) is 4.77 Å². The Labute approximate surface area is 94.8 Å². The molecule has 0 aliphatic heterocycles. The molecular weight excluding hydrogens is 241 g/mol. The van der Waals surface area contributed by atoms with Gasteiger partial charge in [-0.15, -0.1) is 0 Å². The fourth-order valence-corrected chi connectivity index (χ4v) is 2.37. The molecule has 90 valence electrons. The Bertz CT molecular complexity index is 410. The molecule has 2 atom stereocenters. The van der Waals surface area contributed by atoms with Gasteiger partial charge in [-0.3, -0.25) is 0 Å². The lowest BCUT2D eigenvalue weighted by Crippen LogP contribution is -2.30. The SMILES string of the molecule is FC(F)(F)C1CCCC(n2[nH]nnc2=S)C1. The zero-order chi connectivity index (χ0) is 11.8. The number of aromatic nitrogens is 4. The Hall–Kier alpha value is -0.920. The number of halogens is 3. The second-order valence-corrected chi connectivity index (χ2v) is 4.38.